The maximum atomic E-state index is 5.03. The topological polar surface area (TPSA) is 26.2 Å². The van der Waals surface area contributed by atoms with Gasteiger partial charge in [-0.2, -0.15) is 0 Å². The second-order valence-corrected chi connectivity index (χ2v) is 6.03. The summed E-state index contributed by atoms with van der Waals surface area (Å²) in [6.45, 7) is 3.46. The van der Waals surface area contributed by atoms with Crippen LogP contribution in [0.1, 0.15) is 11.1 Å². The number of thiophene rings is 1. The molecule has 0 unspecified atom stereocenters. The summed E-state index contributed by atoms with van der Waals surface area (Å²) in [5.74, 6) is 0. The molecule has 3 rings (SSSR count). The Kier molecular flexibility index (Phi) is 4.70. The number of methoxy groups -OCH3 is 1. The highest BCUT2D eigenvalue weighted by Gasteiger charge is 2.04. The molecule has 3 nitrogen and oxygen atoms in total. The minimum absolute atomic E-state index is 0.752. The molecule has 0 saturated heterocycles. The van der Waals surface area contributed by atoms with E-state index in [4.69, 9.17) is 4.74 Å². The Balaban J connectivity index is 1.64. The molecule has 3 aromatic rings. The van der Waals surface area contributed by atoms with Crippen LogP contribution in [0.2, 0.25) is 0 Å². The van der Waals surface area contributed by atoms with Crippen LogP contribution in [0.15, 0.2) is 48.1 Å². The van der Waals surface area contributed by atoms with E-state index < -0.39 is 0 Å². The van der Waals surface area contributed by atoms with Gasteiger partial charge in [-0.3, -0.25) is 0 Å². The summed E-state index contributed by atoms with van der Waals surface area (Å²) in [6.07, 6.45) is 4.37. The van der Waals surface area contributed by atoms with Gasteiger partial charge < -0.3 is 14.6 Å². The molecule has 0 fully saturated rings. The minimum Gasteiger partial charge on any atom is -0.383 e. The summed E-state index contributed by atoms with van der Waals surface area (Å²) in [7, 11) is 1.73. The van der Waals surface area contributed by atoms with Gasteiger partial charge in [-0.1, -0.05) is 18.2 Å². The molecule has 0 aliphatic heterocycles. The van der Waals surface area contributed by atoms with E-state index in [1.165, 1.54) is 21.2 Å². The van der Waals surface area contributed by atoms with Crippen molar-refractivity contribution in [2.24, 2.45) is 0 Å². The van der Waals surface area contributed by atoms with Crippen LogP contribution >= 0.6 is 11.3 Å². The number of rotatable bonds is 7. The molecule has 110 valence electrons. The maximum Gasteiger partial charge on any atom is 0.0587 e. The minimum atomic E-state index is 0.752. The van der Waals surface area contributed by atoms with E-state index in [1.807, 2.05) is 11.3 Å². The first-order valence-electron chi connectivity index (χ1n) is 7.16. The Labute approximate surface area is 129 Å². The van der Waals surface area contributed by atoms with Crippen molar-refractivity contribution in [2.45, 2.75) is 13.1 Å². The number of ether oxygens (including phenoxy) is 1. The average Bonchev–Trinajstić information content (AvgIpc) is 3.12. The molecular weight excluding hydrogens is 280 g/mol. The van der Waals surface area contributed by atoms with Crippen molar-refractivity contribution < 1.29 is 4.74 Å². The molecule has 21 heavy (non-hydrogen) atoms. The number of nitrogens with zero attached hydrogens (tertiary/aromatic N) is 1. The SMILES string of the molecule is COCCNCc1ccn(Cc2csc3ccccc23)c1. The van der Waals surface area contributed by atoms with Crippen molar-refractivity contribution in [3.63, 3.8) is 0 Å². The van der Waals surface area contributed by atoms with Gasteiger partial charge in [0.1, 0.15) is 0 Å². The van der Waals surface area contributed by atoms with Gasteiger partial charge in [0.25, 0.3) is 0 Å². The summed E-state index contributed by atoms with van der Waals surface area (Å²) in [5.41, 5.74) is 2.70. The smallest absolute Gasteiger partial charge is 0.0587 e. The molecule has 0 aliphatic carbocycles. The zero-order valence-corrected chi connectivity index (χ0v) is 13.0. The fourth-order valence-electron chi connectivity index (χ4n) is 2.45. The molecule has 2 aromatic heterocycles. The van der Waals surface area contributed by atoms with Crippen LogP contribution in [0, 0.1) is 0 Å². The normalized spacial score (nSPS) is 11.3. The lowest BCUT2D eigenvalue weighted by molar-refractivity contribution is 0.199. The Hall–Kier alpha value is -1.62. The number of fused-ring (bicyclic) bond motifs is 1. The van der Waals surface area contributed by atoms with Gasteiger partial charge in [-0.15, -0.1) is 11.3 Å². The van der Waals surface area contributed by atoms with Gasteiger partial charge in [0, 0.05) is 43.8 Å². The van der Waals surface area contributed by atoms with Crippen molar-refractivity contribution >= 4 is 21.4 Å². The van der Waals surface area contributed by atoms with E-state index in [-0.39, 0.29) is 0 Å². The number of hydrogen-bond donors (Lipinski definition) is 1. The molecule has 0 saturated carbocycles. The van der Waals surface area contributed by atoms with Crippen LogP contribution in [0.5, 0.6) is 0 Å². The molecule has 0 spiro atoms. The first-order valence-corrected chi connectivity index (χ1v) is 8.04. The lowest BCUT2D eigenvalue weighted by Gasteiger charge is -2.03. The van der Waals surface area contributed by atoms with Gasteiger partial charge in [0.15, 0.2) is 0 Å². The third-order valence-corrected chi connectivity index (χ3v) is 4.55. The van der Waals surface area contributed by atoms with E-state index in [0.717, 1.165) is 26.2 Å². The van der Waals surface area contributed by atoms with E-state index in [9.17, 15) is 0 Å². The van der Waals surface area contributed by atoms with Crippen molar-refractivity contribution in [3.05, 3.63) is 59.2 Å². The predicted molar refractivity (Wildman–Crippen MR) is 88.9 cm³/mol. The lowest BCUT2D eigenvalue weighted by atomic mass is 10.2. The zero-order valence-electron chi connectivity index (χ0n) is 12.2. The average molecular weight is 300 g/mol. The van der Waals surface area contributed by atoms with Crippen molar-refractivity contribution in [1.82, 2.24) is 9.88 Å². The van der Waals surface area contributed by atoms with Crippen LogP contribution in [0.3, 0.4) is 0 Å². The Morgan fingerprint density at radius 1 is 1.24 bits per heavy atom. The Morgan fingerprint density at radius 3 is 3.05 bits per heavy atom. The first-order chi connectivity index (χ1) is 10.4. The van der Waals surface area contributed by atoms with Gasteiger partial charge in [0.05, 0.1) is 6.61 Å². The Morgan fingerprint density at radius 2 is 2.14 bits per heavy atom. The van der Waals surface area contributed by atoms with Crippen molar-refractivity contribution in [1.29, 1.82) is 0 Å². The highest BCUT2D eigenvalue weighted by molar-refractivity contribution is 7.17. The highest BCUT2D eigenvalue weighted by atomic mass is 32.1. The van der Waals surface area contributed by atoms with Crippen LogP contribution in [-0.4, -0.2) is 24.8 Å². The molecule has 2 heterocycles. The number of benzene rings is 1. The number of hydrogen-bond acceptors (Lipinski definition) is 3. The molecular formula is C17H20N2OS. The number of nitrogens with one attached hydrogen (secondary N) is 1. The summed E-state index contributed by atoms with van der Waals surface area (Å²) in [5, 5.41) is 7.00. The van der Waals surface area contributed by atoms with E-state index in [1.54, 1.807) is 7.11 Å². The molecule has 1 N–H and O–H groups in total. The molecule has 0 atom stereocenters. The van der Waals surface area contributed by atoms with Crippen molar-refractivity contribution in [3.8, 4) is 0 Å². The van der Waals surface area contributed by atoms with Crippen LogP contribution < -0.4 is 5.32 Å². The molecule has 0 amide bonds. The standard InChI is InChI=1S/C17H20N2OS/c1-20-9-7-18-10-14-6-8-19(11-14)12-15-13-21-17-5-3-2-4-16(15)17/h2-6,8,11,13,18H,7,9-10,12H2,1H3. The summed E-state index contributed by atoms with van der Waals surface area (Å²) in [6, 6.07) is 10.8. The summed E-state index contributed by atoms with van der Waals surface area (Å²) < 4.78 is 8.64. The van der Waals surface area contributed by atoms with Crippen LogP contribution in [-0.2, 0) is 17.8 Å². The monoisotopic (exact) mass is 300 g/mol. The van der Waals surface area contributed by atoms with Gasteiger partial charge in [-0.05, 0) is 34.0 Å². The van der Waals surface area contributed by atoms with E-state index in [2.05, 4.69) is 58.0 Å². The largest absolute Gasteiger partial charge is 0.383 e. The molecule has 1 aromatic carbocycles. The van der Waals surface area contributed by atoms with Gasteiger partial charge in [-0.25, -0.2) is 0 Å². The van der Waals surface area contributed by atoms with E-state index in [0.29, 0.717) is 0 Å². The number of aromatic nitrogens is 1. The van der Waals surface area contributed by atoms with E-state index >= 15 is 0 Å². The quantitative estimate of drug-likeness (QED) is 0.676. The fraction of sp³-hybridized carbons (Fsp3) is 0.294. The summed E-state index contributed by atoms with van der Waals surface area (Å²) in [4.78, 5) is 0. The highest BCUT2D eigenvalue weighted by Crippen LogP contribution is 2.26. The molecule has 0 radical (unpaired) electrons. The maximum absolute atomic E-state index is 5.03. The molecule has 4 heteroatoms. The zero-order chi connectivity index (χ0) is 14.5. The third kappa shape index (κ3) is 3.53. The van der Waals surface area contributed by atoms with Crippen LogP contribution in [0.4, 0.5) is 0 Å². The molecule has 0 bridgehead atoms. The third-order valence-electron chi connectivity index (χ3n) is 3.54. The Bertz CT molecular complexity index is 701. The second kappa shape index (κ2) is 6.89. The molecule has 0 aliphatic rings. The van der Waals surface area contributed by atoms with Gasteiger partial charge >= 0.3 is 0 Å². The van der Waals surface area contributed by atoms with Crippen LogP contribution in [0.25, 0.3) is 10.1 Å². The lowest BCUT2D eigenvalue weighted by Crippen LogP contribution is -2.18. The van der Waals surface area contributed by atoms with Gasteiger partial charge in [0.2, 0.25) is 0 Å². The van der Waals surface area contributed by atoms with Crippen molar-refractivity contribution in [2.75, 3.05) is 20.3 Å². The predicted octanol–water partition coefficient (Wildman–Crippen LogP) is 3.49. The first kappa shape index (κ1) is 14.3. The second-order valence-electron chi connectivity index (χ2n) is 5.12. The fourth-order valence-corrected chi connectivity index (χ4v) is 3.41. The summed E-state index contributed by atoms with van der Waals surface area (Å²) >= 11 is 1.82.